The van der Waals surface area contributed by atoms with Gasteiger partial charge in [-0.1, -0.05) is 42.5 Å². The Bertz CT molecular complexity index is 2490. The fourth-order valence-corrected chi connectivity index (χ4v) is 9.15. The lowest BCUT2D eigenvalue weighted by Crippen LogP contribution is -2.59. The number of fused-ring (bicyclic) bond motifs is 4. The summed E-state index contributed by atoms with van der Waals surface area (Å²) in [6, 6.07) is 29.3. The van der Waals surface area contributed by atoms with E-state index in [9.17, 15) is 23.2 Å². The van der Waals surface area contributed by atoms with Crippen LogP contribution in [0.25, 0.3) is 21.3 Å². The molecule has 0 unspecified atom stereocenters. The summed E-state index contributed by atoms with van der Waals surface area (Å²) in [4.78, 5) is 51.4. The van der Waals surface area contributed by atoms with Crippen LogP contribution in [0.1, 0.15) is 54.4 Å². The summed E-state index contributed by atoms with van der Waals surface area (Å²) in [6.45, 7) is 3.58. The molecule has 0 bridgehead atoms. The average molecular weight is 755 g/mol. The lowest BCUT2D eigenvalue weighted by Gasteiger charge is -2.53. The van der Waals surface area contributed by atoms with Gasteiger partial charge in [0.2, 0.25) is 0 Å². The Hall–Kier alpha value is -5.78. The number of thiophene rings is 1. The van der Waals surface area contributed by atoms with Gasteiger partial charge >= 0.3 is 0 Å². The number of nitrogens with zero attached hydrogens (tertiary/aromatic N) is 3. The second kappa shape index (κ2) is 14.1. The highest BCUT2D eigenvalue weighted by atomic mass is 32.1. The van der Waals surface area contributed by atoms with Crippen LogP contribution in [0.5, 0.6) is 0 Å². The van der Waals surface area contributed by atoms with Gasteiger partial charge in [0.15, 0.2) is 5.78 Å². The molecule has 6 aromatic rings. The zero-order valence-corrected chi connectivity index (χ0v) is 30.6. The Morgan fingerprint density at radius 2 is 1.64 bits per heavy atom. The number of halogens is 2. The van der Waals surface area contributed by atoms with Gasteiger partial charge in [0.25, 0.3) is 11.8 Å². The lowest BCUT2D eigenvalue weighted by molar-refractivity contribution is -0.000492. The first kappa shape index (κ1) is 35.0. The number of aromatic nitrogens is 1. The minimum atomic E-state index is -0.747. The number of nitrogens with one attached hydrogen (secondary N) is 1. The number of anilines is 3. The van der Waals surface area contributed by atoms with E-state index in [0.717, 1.165) is 83.9 Å². The number of carbonyl (C=O) groups is 3. The van der Waals surface area contributed by atoms with Gasteiger partial charge in [-0.3, -0.25) is 14.4 Å². The molecule has 1 N–H and O–H groups in total. The van der Waals surface area contributed by atoms with Gasteiger partial charge in [0.05, 0.1) is 21.6 Å². The van der Waals surface area contributed by atoms with E-state index in [0.29, 0.717) is 40.5 Å². The van der Waals surface area contributed by atoms with Crippen molar-refractivity contribution >= 4 is 57.0 Å². The maximum atomic E-state index is 14.3. The number of pyridine rings is 1. The number of benzene rings is 4. The highest BCUT2D eigenvalue weighted by molar-refractivity contribution is 7.17. The molecule has 55 heavy (non-hydrogen) atoms. The molecular weight excluding hydrogens is 719 g/mol. The van der Waals surface area contributed by atoms with Crippen LogP contribution in [-0.2, 0) is 17.6 Å². The summed E-state index contributed by atoms with van der Waals surface area (Å²) in [7, 11) is 0. The molecule has 2 amide bonds. The van der Waals surface area contributed by atoms with Crippen LogP contribution in [0.4, 0.5) is 26.0 Å². The van der Waals surface area contributed by atoms with Crippen molar-refractivity contribution in [3.8, 4) is 10.4 Å². The number of carbonyl (C=O) groups excluding carboxylic acids is 3. The van der Waals surface area contributed by atoms with Crippen LogP contribution < -0.4 is 15.1 Å². The zero-order chi connectivity index (χ0) is 37.7. The van der Waals surface area contributed by atoms with Gasteiger partial charge in [-0.25, -0.2) is 13.8 Å². The largest absolute Gasteiger partial charge is 0.381 e. The Labute approximate surface area is 320 Å². The molecule has 3 aliphatic heterocycles. The fourth-order valence-electron chi connectivity index (χ4n) is 7.97. The number of rotatable bonds is 7. The monoisotopic (exact) mass is 754 g/mol. The SMILES string of the molecule is O=C(Cc1ccc(F)cc1F)c1cc2c(s1)-c1ccccc1N(C(=O)c1ccc(NC(=O)c3cc4ccccc4nc3N3CC4(CCOCC4)C3)cc1)CC2. The Morgan fingerprint density at radius 1 is 0.873 bits per heavy atom. The van der Waals surface area contributed by atoms with Crippen LogP contribution >= 0.6 is 11.3 Å². The van der Waals surface area contributed by atoms with E-state index in [2.05, 4.69) is 10.2 Å². The van der Waals surface area contributed by atoms with Crippen LogP contribution in [0.15, 0.2) is 103 Å². The smallest absolute Gasteiger partial charge is 0.259 e. The molecule has 9 rings (SSSR count). The second-order valence-corrected chi connectivity index (χ2v) is 15.6. The Kier molecular flexibility index (Phi) is 8.98. The molecule has 1 spiro atoms. The highest BCUT2D eigenvalue weighted by Gasteiger charge is 2.45. The first-order valence-electron chi connectivity index (χ1n) is 18.4. The lowest BCUT2D eigenvalue weighted by atomic mass is 9.73. The van der Waals surface area contributed by atoms with Crippen molar-refractivity contribution in [1.29, 1.82) is 0 Å². The molecule has 0 radical (unpaired) electrons. The van der Waals surface area contributed by atoms with Crippen molar-refractivity contribution in [3.63, 3.8) is 0 Å². The third kappa shape index (κ3) is 6.68. The fraction of sp³-hybridized carbons (Fsp3) is 0.227. The maximum Gasteiger partial charge on any atom is 0.259 e. The molecule has 0 saturated carbocycles. The molecule has 2 saturated heterocycles. The number of amides is 2. The van der Waals surface area contributed by atoms with E-state index in [1.54, 1.807) is 29.2 Å². The van der Waals surface area contributed by atoms with Crippen LogP contribution in [0.2, 0.25) is 0 Å². The van der Waals surface area contributed by atoms with E-state index in [4.69, 9.17) is 9.72 Å². The van der Waals surface area contributed by atoms with E-state index >= 15 is 0 Å². The van der Waals surface area contributed by atoms with Crippen molar-refractivity contribution < 1.29 is 27.9 Å². The van der Waals surface area contributed by atoms with Gasteiger partial charge in [0, 0.05) is 77.8 Å². The number of ketones is 1. The average Bonchev–Trinajstić information content (AvgIpc) is 3.56. The zero-order valence-electron chi connectivity index (χ0n) is 29.8. The third-order valence-corrected chi connectivity index (χ3v) is 12.2. The number of hydrogen-bond donors (Lipinski definition) is 1. The summed E-state index contributed by atoms with van der Waals surface area (Å²) in [5.41, 5.74) is 5.18. The van der Waals surface area contributed by atoms with Gasteiger partial charge < -0.3 is 19.9 Å². The third-order valence-electron chi connectivity index (χ3n) is 11.0. The number of para-hydroxylation sites is 2. The summed E-state index contributed by atoms with van der Waals surface area (Å²) in [5.74, 6) is -1.48. The van der Waals surface area contributed by atoms with E-state index in [1.807, 2.05) is 60.7 Å². The number of hydrogen-bond acceptors (Lipinski definition) is 7. The topological polar surface area (TPSA) is 91.8 Å². The van der Waals surface area contributed by atoms with Gasteiger partial charge in [0.1, 0.15) is 17.5 Å². The number of ether oxygens (including phenoxy) is 1. The van der Waals surface area contributed by atoms with Gasteiger partial charge in [-0.05, 0) is 85.0 Å². The molecular formula is C44H36F2N4O4S. The van der Waals surface area contributed by atoms with E-state index in [-0.39, 0.29) is 35.0 Å². The number of Topliss-reactive ketones (excluding diaryl/α,β-unsaturated/α-hetero) is 1. The molecule has 0 aliphatic carbocycles. The second-order valence-electron chi connectivity index (χ2n) is 14.6. The van der Waals surface area contributed by atoms with Crippen molar-refractivity contribution in [2.45, 2.75) is 25.7 Å². The van der Waals surface area contributed by atoms with E-state index < -0.39 is 11.6 Å². The normalized spacial score (nSPS) is 15.9. The Balaban J connectivity index is 0.923. The molecule has 8 nitrogen and oxygen atoms in total. The Morgan fingerprint density at radius 3 is 2.44 bits per heavy atom. The van der Waals surface area contributed by atoms with E-state index in [1.165, 1.54) is 17.4 Å². The van der Waals surface area contributed by atoms with Crippen molar-refractivity contribution in [1.82, 2.24) is 4.98 Å². The van der Waals surface area contributed by atoms with Gasteiger partial charge in [-0.15, -0.1) is 11.3 Å². The molecule has 5 heterocycles. The summed E-state index contributed by atoms with van der Waals surface area (Å²) >= 11 is 1.32. The molecule has 3 aliphatic rings. The first-order chi connectivity index (χ1) is 26.7. The van der Waals surface area contributed by atoms with Crippen molar-refractivity contribution in [2.24, 2.45) is 5.41 Å². The molecule has 2 aromatic heterocycles. The predicted molar refractivity (Wildman–Crippen MR) is 210 cm³/mol. The quantitative estimate of drug-likeness (QED) is 0.164. The highest BCUT2D eigenvalue weighted by Crippen LogP contribution is 2.44. The molecule has 2 fully saturated rings. The summed E-state index contributed by atoms with van der Waals surface area (Å²) < 4.78 is 33.3. The molecule has 0 atom stereocenters. The van der Waals surface area contributed by atoms with Gasteiger partial charge in [-0.2, -0.15) is 0 Å². The van der Waals surface area contributed by atoms with Crippen molar-refractivity contribution in [2.75, 3.05) is 48.0 Å². The maximum absolute atomic E-state index is 14.3. The van der Waals surface area contributed by atoms with Crippen LogP contribution in [0, 0.1) is 17.0 Å². The predicted octanol–water partition coefficient (Wildman–Crippen LogP) is 8.74. The first-order valence-corrected chi connectivity index (χ1v) is 19.2. The van der Waals surface area contributed by atoms with Crippen LogP contribution in [-0.4, -0.2) is 55.4 Å². The standard InChI is InChI=1S/C44H36F2N4O4S/c45-31-12-9-28(35(46)24-31)22-38(51)39-23-30-15-18-50(37-8-4-2-6-33(37)40(30)55-39)43(53)27-10-13-32(14-11-27)47-42(52)34-21-29-5-1-3-7-36(29)48-41(34)49-25-44(26-49)16-19-54-20-17-44/h1-14,21,23-24H,15-20,22,25-26H2,(H,47,52). The molecule has 276 valence electrons. The van der Waals surface area contributed by atoms with Crippen molar-refractivity contribution in [3.05, 3.63) is 142 Å². The minimum Gasteiger partial charge on any atom is -0.381 e. The van der Waals surface area contributed by atoms with Crippen LogP contribution in [0.3, 0.4) is 0 Å². The summed E-state index contributed by atoms with van der Waals surface area (Å²) in [6.07, 6.45) is 2.34. The molecule has 11 heteroatoms. The minimum absolute atomic E-state index is 0.142. The summed E-state index contributed by atoms with van der Waals surface area (Å²) in [5, 5.41) is 3.92. The molecule has 4 aromatic carbocycles.